The Morgan fingerprint density at radius 1 is 0.471 bits per heavy atom. The van der Waals surface area contributed by atoms with Crippen molar-refractivity contribution in [1.29, 1.82) is 0 Å². The van der Waals surface area contributed by atoms with Crippen molar-refractivity contribution in [1.82, 2.24) is 0 Å². The van der Waals surface area contributed by atoms with E-state index in [9.17, 15) is 19.4 Å². The number of phenolic OH excluding ortho intramolecular Hbond substituents is 1. The lowest BCUT2D eigenvalue weighted by Crippen LogP contribution is -2.41. The maximum Gasteiger partial charge on any atom is 0.499 e. The summed E-state index contributed by atoms with van der Waals surface area (Å²) in [7, 11) is -1.59. The van der Waals surface area contributed by atoms with Crippen LogP contribution in [0.25, 0.3) is 0 Å². The molecule has 454 valence electrons. The number of aromatic hydroxyl groups is 1. The number of aldehydes is 3. The van der Waals surface area contributed by atoms with Crippen LogP contribution in [0, 0.1) is 0 Å². The molecular formula is C67H70B2Br2O16. The molecule has 10 rings (SSSR count). The van der Waals surface area contributed by atoms with Crippen molar-refractivity contribution in [3.63, 3.8) is 0 Å². The Labute approximate surface area is 525 Å². The first-order valence-corrected chi connectivity index (χ1v) is 29.2. The van der Waals surface area contributed by atoms with Crippen LogP contribution in [0.5, 0.6) is 23.0 Å². The van der Waals surface area contributed by atoms with Crippen molar-refractivity contribution in [2.75, 3.05) is 33.6 Å². The highest BCUT2D eigenvalue weighted by Gasteiger charge is 2.53. The maximum atomic E-state index is 11.6. The summed E-state index contributed by atoms with van der Waals surface area (Å²) >= 11 is 6.39. The van der Waals surface area contributed by atoms with Crippen molar-refractivity contribution in [3.05, 3.63) is 248 Å². The number of phenols is 1. The quantitative estimate of drug-likeness (QED) is 0.0236. The highest BCUT2D eigenvalue weighted by Crippen LogP contribution is 2.38. The van der Waals surface area contributed by atoms with E-state index in [-0.39, 0.29) is 32.7 Å². The third-order valence-electron chi connectivity index (χ3n) is 13.3. The smallest absolute Gasteiger partial charge is 0.499 e. The minimum Gasteiger partial charge on any atom is -0.507 e. The molecule has 2 aliphatic rings. The van der Waals surface area contributed by atoms with E-state index in [0.717, 1.165) is 40.4 Å². The molecule has 0 amide bonds. The van der Waals surface area contributed by atoms with Crippen LogP contribution < -0.4 is 25.1 Å². The second-order valence-corrected chi connectivity index (χ2v) is 21.7. The summed E-state index contributed by atoms with van der Waals surface area (Å²) in [6, 6.07) is 60.4. The van der Waals surface area contributed by atoms with Crippen molar-refractivity contribution >= 4 is 75.9 Å². The van der Waals surface area contributed by atoms with E-state index in [1.807, 2.05) is 167 Å². The van der Waals surface area contributed by atoms with E-state index in [2.05, 4.69) is 31.9 Å². The lowest BCUT2D eigenvalue weighted by molar-refractivity contribution is 0.00455. The van der Waals surface area contributed by atoms with Gasteiger partial charge in [0.05, 0.1) is 66.4 Å². The lowest BCUT2D eigenvalue weighted by Gasteiger charge is -2.32. The van der Waals surface area contributed by atoms with Gasteiger partial charge in [0, 0.05) is 27.6 Å². The summed E-state index contributed by atoms with van der Waals surface area (Å²) in [5, 5.41) is 27.2. The molecule has 0 saturated carbocycles. The second kappa shape index (κ2) is 36.8. The number of fused-ring (bicyclic) bond motifs is 1. The first-order chi connectivity index (χ1) is 42.2. The molecular weight excluding hydrogens is 1240 g/mol. The molecule has 0 aliphatic carbocycles. The first-order valence-electron chi connectivity index (χ1n) is 27.7. The molecule has 0 aromatic heterocycles. The fourth-order valence-corrected chi connectivity index (χ4v) is 8.91. The number of hydrogen-bond acceptors (Lipinski definition) is 16. The SMILES string of the molecule is CC1(C)OB(c2c(C=O)cccc2OCOCc2ccccc2)OC1(C)C.O=Cc1cccc(O)c1Br.O=Cc1cccc(OCOCc2ccccc2)c1Br.OB1OCc2cccc(OCOCc3ccccc3)c21.OCCOCc1ccccc1. The van der Waals surface area contributed by atoms with Gasteiger partial charge in [0.25, 0.3) is 0 Å². The molecule has 2 aliphatic heterocycles. The zero-order valence-electron chi connectivity index (χ0n) is 48.8. The first kappa shape index (κ1) is 68.8. The summed E-state index contributed by atoms with van der Waals surface area (Å²) in [6.45, 7) is 11.2. The molecule has 0 unspecified atom stereocenters. The molecule has 0 bridgehead atoms. The number of ether oxygens (including phenoxy) is 7. The van der Waals surface area contributed by atoms with E-state index in [4.69, 9.17) is 57.3 Å². The minimum absolute atomic E-state index is 0.0592. The van der Waals surface area contributed by atoms with Gasteiger partial charge in [0.15, 0.2) is 33.0 Å². The van der Waals surface area contributed by atoms with Crippen LogP contribution in [0.2, 0.25) is 0 Å². The van der Waals surface area contributed by atoms with Crippen LogP contribution in [-0.2, 0) is 65.9 Å². The second-order valence-electron chi connectivity index (χ2n) is 20.1. The Balaban J connectivity index is 0.000000181. The summed E-state index contributed by atoms with van der Waals surface area (Å²) < 4.78 is 57.0. The highest BCUT2D eigenvalue weighted by atomic mass is 79.9. The number of hydrogen-bond donors (Lipinski definition) is 3. The van der Waals surface area contributed by atoms with Crippen LogP contribution in [0.15, 0.2) is 203 Å². The normalized spacial score (nSPS) is 13.1. The average Bonchev–Trinajstić information content (AvgIpc) is 1.83. The third-order valence-corrected chi connectivity index (χ3v) is 15.1. The number of aliphatic hydroxyl groups excluding tert-OH is 1. The molecule has 1 fully saturated rings. The van der Waals surface area contributed by atoms with E-state index in [1.54, 1.807) is 48.5 Å². The van der Waals surface area contributed by atoms with Crippen LogP contribution in [0.1, 0.15) is 86.6 Å². The summed E-state index contributed by atoms with van der Waals surface area (Å²) in [6.07, 6.45) is 2.25. The average molecular weight is 1310 g/mol. The van der Waals surface area contributed by atoms with E-state index in [0.29, 0.717) is 99.7 Å². The van der Waals surface area contributed by atoms with Crippen LogP contribution in [0.3, 0.4) is 0 Å². The van der Waals surface area contributed by atoms with E-state index < -0.39 is 25.4 Å². The molecule has 0 atom stereocenters. The molecule has 8 aromatic rings. The maximum absolute atomic E-state index is 11.6. The van der Waals surface area contributed by atoms with Gasteiger partial charge in [-0.1, -0.05) is 170 Å². The van der Waals surface area contributed by atoms with Gasteiger partial charge in [-0.05, 0) is 112 Å². The largest absolute Gasteiger partial charge is 0.507 e. The topological polar surface area (TPSA) is 204 Å². The standard InChI is InChI=1S/C21H25BO5.C15H15BO4.C15H13BrO3.C9H12O2.C7H5BrO2/c1-20(2)21(3,4)27-22(26-20)19-17(13-23)11-8-12-18(19)25-15-24-14-16-9-6-5-7-10-16;17-16-15-13(10-20-16)7-4-8-14(15)19-11-18-9-12-5-2-1-3-6-12;16-15-13(9-17)7-4-8-14(15)19-11-18-10-12-5-2-1-3-6-12;10-6-7-11-8-9-4-2-1-3-5-9;8-7-5(4-9)2-1-3-6(7)10/h5-13H,14-15H2,1-4H3;1-8,17H,9-11H2;1-9H,10-11H2;1-5,10H,6-8H2;1-4,10H. The van der Waals surface area contributed by atoms with Gasteiger partial charge in [-0.15, -0.1) is 0 Å². The molecule has 87 heavy (non-hydrogen) atoms. The predicted molar refractivity (Wildman–Crippen MR) is 340 cm³/mol. The van der Waals surface area contributed by atoms with Gasteiger partial charge in [-0.3, -0.25) is 14.4 Å². The van der Waals surface area contributed by atoms with Crippen molar-refractivity contribution in [2.24, 2.45) is 0 Å². The van der Waals surface area contributed by atoms with Crippen molar-refractivity contribution in [3.8, 4) is 23.0 Å². The number of rotatable bonds is 23. The van der Waals surface area contributed by atoms with Gasteiger partial charge in [0.1, 0.15) is 29.3 Å². The summed E-state index contributed by atoms with van der Waals surface area (Å²) in [5.41, 5.74) is 7.13. The fraction of sp³-hybridized carbons (Fsp3) is 0.239. The molecule has 8 aromatic carbocycles. The number of aliphatic hydroxyl groups is 1. The summed E-state index contributed by atoms with van der Waals surface area (Å²) in [5.74, 6) is 1.81. The summed E-state index contributed by atoms with van der Waals surface area (Å²) in [4.78, 5) is 32.6. The monoisotopic (exact) mass is 1310 g/mol. The minimum atomic E-state index is -0.907. The Hall–Kier alpha value is -7.30. The Morgan fingerprint density at radius 2 is 0.851 bits per heavy atom. The van der Waals surface area contributed by atoms with Crippen LogP contribution in [-0.4, -0.2) is 93.1 Å². The molecule has 16 nitrogen and oxygen atoms in total. The lowest BCUT2D eigenvalue weighted by atomic mass is 9.75. The van der Waals surface area contributed by atoms with Gasteiger partial charge in [0.2, 0.25) is 0 Å². The van der Waals surface area contributed by atoms with E-state index >= 15 is 0 Å². The third kappa shape index (κ3) is 22.1. The van der Waals surface area contributed by atoms with Crippen LogP contribution in [0.4, 0.5) is 0 Å². The van der Waals surface area contributed by atoms with E-state index in [1.165, 1.54) is 6.07 Å². The molecule has 20 heteroatoms. The molecule has 0 radical (unpaired) electrons. The zero-order valence-corrected chi connectivity index (χ0v) is 52.0. The number of carbonyl (C=O) groups excluding carboxylic acids is 3. The van der Waals surface area contributed by atoms with Crippen molar-refractivity contribution in [2.45, 2.75) is 71.9 Å². The van der Waals surface area contributed by atoms with Gasteiger partial charge >= 0.3 is 14.2 Å². The number of carbonyl (C=O) groups is 3. The Bertz CT molecular complexity index is 3310. The number of halogens is 2. The molecule has 0 spiro atoms. The highest BCUT2D eigenvalue weighted by molar-refractivity contribution is 9.11. The molecule has 2 heterocycles. The predicted octanol–water partition coefficient (Wildman–Crippen LogP) is 11.8. The number of benzene rings is 8. The molecule has 1 saturated heterocycles. The van der Waals surface area contributed by atoms with Crippen LogP contribution >= 0.6 is 31.9 Å². The van der Waals surface area contributed by atoms with Gasteiger partial charge in [-0.2, -0.15) is 0 Å². The fourth-order valence-electron chi connectivity index (χ4n) is 8.08. The molecule has 3 N–H and O–H groups in total. The van der Waals surface area contributed by atoms with Gasteiger partial charge < -0.3 is 62.4 Å². The Kier molecular flexibility index (Phi) is 29.1. The van der Waals surface area contributed by atoms with Crippen molar-refractivity contribution < 1.29 is 76.7 Å². The van der Waals surface area contributed by atoms with Gasteiger partial charge in [-0.25, -0.2) is 0 Å². The Morgan fingerprint density at radius 3 is 1.29 bits per heavy atom. The zero-order chi connectivity index (χ0) is 62.3.